The van der Waals surface area contributed by atoms with Crippen LogP contribution in [0.3, 0.4) is 0 Å². The van der Waals surface area contributed by atoms with Crippen molar-refractivity contribution in [1.82, 2.24) is 20.4 Å². The van der Waals surface area contributed by atoms with E-state index in [0.29, 0.717) is 6.42 Å². The van der Waals surface area contributed by atoms with Gasteiger partial charge in [0.05, 0.1) is 12.2 Å². The van der Waals surface area contributed by atoms with E-state index in [1.165, 1.54) is 5.69 Å². The molecule has 1 aliphatic rings. The molecule has 2 atom stereocenters. The number of carbonyl (C=O) groups is 2. The molecule has 0 aliphatic heterocycles. The summed E-state index contributed by atoms with van der Waals surface area (Å²) in [5.41, 5.74) is 3.03. The highest BCUT2D eigenvalue weighted by Crippen LogP contribution is 2.29. The molecule has 6 nitrogen and oxygen atoms in total. The highest BCUT2D eigenvalue weighted by molar-refractivity contribution is 5.88. The van der Waals surface area contributed by atoms with Gasteiger partial charge in [0.25, 0.3) is 0 Å². The zero-order valence-electron chi connectivity index (χ0n) is 14.7. The third kappa shape index (κ3) is 3.73. The van der Waals surface area contributed by atoms with Crippen LogP contribution >= 0.6 is 0 Å². The lowest BCUT2D eigenvalue weighted by Gasteiger charge is -2.26. The summed E-state index contributed by atoms with van der Waals surface area (Å²) >= 11 is 0. The van der Waals surface area contributed by atoms with Crippen LogP contribution in [0.2, 0.25) is 0 Å². The van der Waals surface area contributed by atoms with E-state index in [1.54, 1.807) is 6.92 Å². The second-order valence-electron chi connectivity index (χ2n) is 6.39. The van der Waals surface area contributed by atoms with Crippen LogP contribution in [0.5, 0.6) is 0 Å². The number of hydrogen-bond donors (Lipinski definition) is 2. The average Bonchev–Trinajstić information content (AvgIpc) is 3.02. The van der Waals surface area contributed by atoms with Crippen molar-refractivity contribution in [2.45, 2.75) is 44.7 Å². The van der Waals surface area contributed by atoms with Gasteiger partial charge in [0, 0.05) is 24.7 Å². The Morgan fingerprint density at radius 1 is 1.32 bits per heavy atom. The summed E-state index contributed by atoms with van der Waals surface area (Å²) in [6.07, 6.45) is 5.05. The van der Waals surface area contributed by atoms with Gasteiger partial charge in [-0.1, -0.05) is 37.3 Å². The van der Waals surface area contributed by atoms with E-state index in [1.807, 2.05) is 48.3 Å². The van der Waals surface area contributed by atoms with Gasteiger partial charge in [-0.15, -0.1) is 0 Å². The summed E-state index contributed by atoms with van der Waals surface area (Å²) in [6, 6.07) is 8.60. The molecule has 0 spiro atoms. The topological polar surface area (TPSA) is 76.0 Å². The van der Waals surface area contributed by atoms with Crippen molar-refractivity contribution in [2.75, 3.05) is 0 Å². The van der Waals surface area contributed by atoms with Gasteiger partial charge in [0.15, 0.2) is 0 Å². The van der Waals surface area contributed by atoms with Crippen LogP contribution in [0.4, 0.5) is 0 Å². The first-order valence-corrected chi connectivity index (χ1v) is 8.75. The lowest BCUT2D eigenvalue weighted by molar-refractivity contribution is -0.129. The molecule has 2 N–H and O–H groups in total. The van der Waals surface area contributed by atoms with Crippen LogP contribution in [-0.4, -0.2) is 21.6 Å². The molecule has 132 valence electrons. The Bertz CT molecular complexity index is 754. The molecule has 0 bridgehead atoms. The number of hydrogen-bond acceptors (Lipinski definition) is 3. The molecule has 2 aromatic rings. The highest BCUT2D eigenvalue weighted by atomic mass is 16.2. The van der Waals surface area contributed by atoms with Crippen molar-refractivity contribution < 1.29 is 9.59 Å². The SMILES string of the molecule is CCC(=O)N[C@H](C(=O)N[C@@H]1CCCc2c1cnn2C)c1ccccc1. The number of rotatable bonds is 5. The first-order chi connectivity index (χ1) is 12.1. The predicted molar refractivity (Wildman–Crippen MR) is 94.6 cm³/mol. The quantitative estimate of drug-likeness (QED) is 0.876. The molecule has 2 amide bonds. The molecule has 6 heteroatoms. The van der Waals surface area contributed by atoms with Gasteiger partial charge < -0.3 is 10.6 Å². The molecule has 1 aromatic carbocycles. The summed E-state index contributed by atoms with van der Waals surface area (Å²) in [5.74, 6) is -0.329. The van der Waals surface area contributed by atoms with Crippen LogP contribution < -0.4 is 10.6 Å². The molecule has 0 saturated carbocycles. The van der Waals surface area contributed by atoms with Crippen molar-refractivity contribution in [3.8, 4) is 0 Å². The van der Waals surface area contributed by atoms with E-state index in [4.69, 9.17) is 0 Å². The third-order valence-corrected chi connectivity index (χ3v) is 4.71. The summed E-state index contributed by atoms with van der Waals surface area (Å²) < 4.78 is 1.88. The third-order valence-electron chi connectivity index (χ3n) is 4.71. The molecular formula is C19H24N4O2. The van der Waals surface area contributed by atoms with Gasteiger partial charge in [-0.05, 0) is 24.8 Å². The monoisotopic (exact) mass is 340 g/mol. The lowest BCUT2D eigenvalue weighted by Crippen LogP contribution is -2.42. The van der Waals surface area contributed by atoms with Crippen LogP contribution in [0.15, 0.2) is 36.5 Å². The Labute approximate surface area is 147 Å². The van der Waals surface area contributed by atoms with E-state index in [-0.39, 0.29) is 17.9 Å². The van der Waals surface area contributed by atoms with E-state index < -0.39 is 6.04 Å². The van der Waals surface area contributed by atoms with Gasteiger partial charge >= 0.3 is 0 Å². The highest BCUT2D eigenvalue weighted by Gasteiger charge is 2.29. The molecule has 0 saturated heterocycles. The number of benzene rings is 1. The van der Waals surface area contributed by atoms with Crippen molar-refractivity contribution in [2.24, 2.45) is 7.05 Å². The minimum Gasteiger partial charge on any atom is -0.347 e. The number of nitrogens with one attached hydrogen (secondary N) is 2. The fourth-order valence-corrected chi connectivity index (χ4v) is 3.32. The van der Waals surface area contributed by atoms with Gasteiger partial charge in [0.1, 0.15) is 6.04 Å². The average molecular weight is 340 g/mol. The fourth-order valence-electron chi connectivity index (χ4n) is 3.32. The van der Waals surface area contributed by atoms with E-state index in [2.05, 4.69) is 15.7 Å². The Morgan fingerprint density at radius 3 is 2.80 bits per heavy atom. The maximum absolute atomic E-state index is 12.9. The van der Waals surface area contributed by atoms with E-state index in [9.17, 15) is 9.59 Å². The maximum atomic E-state index is 12.9. The van der Waals surface area contributed by atoms with Gasteiger partial charge in [0.2, 0.25) is 11.8 Å². The normalized spacial score (nSPS) is 17.4. The summed E-state index contributed by atoms with van der Waals surface area (Å²) in [7, 11) is 1.93. The van der Waals surface area contributed by atoms with Crippen LogP contribution in [-0.2, 0) is 23.1 Å². The maximum Gasteiger partial charge on any atom is 0.247 e. The van der Waals surface area contributed by atoms with Crippen molar-refractivity contribution in [3.05, 3.63) is 53.3 Å². The number of fused-ring (bicyclic) bond motifs is 1. The second-order valence-corrected chi connectivity index (χ2v) is 6.39. The predicted octanol–water partition coefficient (Wildman–Crippen LogP) is 2.18. The number of amides is 2. The molecule has 0 unspecified atom stereocenters. The van der Waals surface area contributed by atoms with E-state index in [0.717, 1.165) is 30.4 Å². The molecular weight excluding hydrogens is 316 g/mol. The minimum atomic E-state index is -0.685. The number of aromatic nitrogens is 2. The zero-order valence-corrected chi connectivity index (χ0v) is 14.7. The van der Waals surface area contributed by atoms with Crippen molar-refractivity contribution in [3.63, 3.8) is 0 Å². The minimum absolute atomic E-state index is 0.0605. The Morgan fingerprint density at radius 2 is 2.08 bits per heavy atom. The number of aryl methyl sites for hydroxylation is 1. The molecule has 0 radical (unpaired) electrons. The summed E-state index contributed by atoms with van der Waals surface area (Å²) in [4.78, 5) is 24.8. The van der Waals surface area contributed by atoms with Crippen LogP contribution in [0, 0.1) is 0 Å². The zero-order chi connectivity index (χ0) is 17.8. The molecule has 1 aromatic heterocycles. The van der Waals surface area contributed by atoms with Gasteiger partial charge in [-0.3, -0.25) is 14.3 Å². The van der Waals surface area contributed by atoms with Crippen molar-refractivity contribution >= 4 is 11.8 Å². The first-order valence-electron chi connectivity index (χ1n) is 8.75. The lowest BCUT2D eigenvalue weighted by atomic mass is 9.92. The Hall–Kier alpha value is -2.63. The smallest absolute Gasteiger partial charge is 0.247 e. The Balaban J connectivity index is 1.80. The summed E-state index contributed by atoms with van der Waals surface area (Å²) in [6.45, 7) is 1.78. The molecule has 25 heavy (non-hydrogen) atoms. The van der Waals surface area contributed by atoms with Crippen molar-refractivity contribution in [1.29, 1.82) is 0 Å². The van der Waals surface area contributed by atoms with Crippen LogP contribution in [0.25, 0.3) is 0 Å². The largest absolute Gasteiger partial charge is 0.347 e. The number of nitrogens with zero attached hydrogens (tertiary/aromatic N) is 2. The molecule has 1 heterocycles. The molecule has 3 rings (SSSR count). The fraction of sp³-hybridized carbons (Fsp3) is 0.421. The number of carbonyl (C=O) groups excluding carboxylic acids is 2. The molecule has 0 fully saturated rings. The molecule has 1 aliphatic carbocycles. The van der Waals surface area contributed by atoms with Gasteiger partial charge in [-0.25, -0.2) is 0 Å². The van der Waals surface area contributed by atoms with Crippen LogP contribution in [0.1, 0.15) is 55.1 Å². The standard InChI is InChI=1S/C19H24N4O2/c1-3-17(24)22-18(13-8-5-4-6-9-13)19(25)21-15-10-7-11-16-14(15)12-20-23(16)2/h4-6,8-9,12,15,18H,3,7,10-11H2,1-2H3,(H,21,25)(H,22,24)/t15-,18+/m1/s1. The second kappa shape index (κ2) is 7.51. The first kappa shape index (κ1) is 17.2. The van der Waals surface area contributed by atoms with Gasteiger partial charge in [-0.2, -0.15) is 5.10 Å². The Kier molecular flexibility index (Phi) is 5.16. The van der Waals surface area contributed by atoms with E-state index >= 15 is 0 Å². The summed E-state index contributed by atoms with van der Waals surface area (Å²) in [5, 5.41) is 10.3.